The van der Waals surface area contributed by atoms with E-state index in [1.54, 1.807) is 42.5 Å². The van der Waals surface area contributed by atoms with Crippen molar-refractivity contribution in [2.24, 2.45) is 0 Å². The monoisotopic (exact) mass is 473 g/mol. The molecule has 2 heterocycles. The van der Waals surface area contributed by atoms with Crippen LogP contribution in [0, 0.1) is 0 Å². The van der Waals surface area contributed by atoms with Crippen LogP contribution in [-0.4, -0.2) is 33.0 Å². The molecule has 0 aliphatic heterocycles. The van der Waals surface area contributed by atoms with E-state index in [9.17, 15) is 9.59 Å². The lowest BCUT2D eigenvalue weighted by atomic mass is 10.0. The predicted molar refractivity (Wildman–Crippen MR) is 133 cm³/mol. The Labute approximate surface area is 202 Å². The van der Waals surface area contributed by atoms with Crippen molar-refractivity contribution in [2.45, 2.75) is 39.0 Å². The fourth-order valence-corrected chi connectivity index (χ4v) is 3.71. The lowest BCUT2D eigenvalue weighted by molar-refractivity contribution is 0.103. The molecule has 9 heteroatoms. The van der Waals surface area contributed by atoms with Gasteiger partial charge in [0.25, 0.3) is 0 Å². The number of H-pyrrole nitrogens is 1. The summed E-state index contributed by atoms with van der Waals surface area (Å²) >= 11 is 0. The average molecular weight is 474 g/mol. The molecule has 4 rings (SSSR count). The number of rotatable bonds is 11. The molecule has 0 aliphatic rings. The van der Waals surface area contributed by atoms with Crippen LogP contribution in [0.1, 0.15) is 54.9 Å². The summed E-state index contributed by atoms with van der Waals surface area (Å²) in [5, 5.41) is 13.6. The van der Waals surface area contributed by atoms with E-state index < -0.39 is 5.43 Å². The Morgan fingerprint density at radius 2 is 1.94 bits per heavy atom. The van der Waals surface area contributed by atoms with Crippen LogP contribution in [0.4, 0.5) is 5.69 Å². The van der Waals surface area contributed by atoms with E-state index in [4.69, 9.17) is 14.9 Å². The first-order valence-electron chi connectivity index (χ1n) is 11.6. The molecule has 0 radical (unpaired) electrons. The van der Waals surface area contributed by atoms with E-state index in [1.165, 1.54) is 25.7 Å². The molecule has 0 aliphatic carbocycles. The molecule has 3 N–H and O–H groups in total. The number of nitrogen functional groups attached to an aromatic ring is 1. The average Bonchev–Trinajstić information content (AvgIpc) is 3.42. The Hall–Kier alpha value is -4.27. The van der Waals surface area contributed by atoms with Crippen molar-refractivity contribution in [3.8, 4) is 17.3 Å². The summed E-state index contributed by atoms with van der Waals surface area (Å²) in [7, 11) is 0. The van der Waals surface area contributed by atoms with Gasteiger partial charge in [-0.25, -0.2) is 0 Å². The number of carbonyl (C=O) groups is 1. The number of aromatic nitrogens is 4. The van der Waals surface area contributed by atoms with Crippen molar-refractivity contribution in [1.29, 1.82) is 0 Å². The number of carbonyl (C=O) groups excluding carboxylic acids is 1. The smallest absolute Gasteiger partial charge is 0.242 e. The van der Waals surface area contributed by atoms with Gasteiger partial charge >= 0.3 is 0 Å². The SMILES string of the molecule is CCCCCC/C=C/COc1ccc(C(=O)c2cccc3c(=O)c(N)c(-c4nn[nH]n4)oc23)cc1. The number of fused-ring (bicyclic) bond motifs is 1. The number of nitrogens with zero attached hydrogens (tertiary/aromatic N) is 3. The van der Waals surface area contributed by atoms with E-state index in [2.05, 4.69) is 33.6 Å². The van der Waals surface area contributed by atoms with Gasteiger partial charge in [0.2, 0.25) is 17.0 Å². The Kier molecular flexibility index (Phi) is 7.67. The minimum absolute atomic E-state index is 0.0280. The third-order valence-corrected chi connectivity index (χ3v) is 5.60. The standard InChI is InChI=1S/C26H27N5O4/c1-2-3-4-5-6-7-8-16-34-18-14-12-17(13-15-18)22(32)19-10-9-11-20-23(33)21(27)25(35-24(19)20)26-28-30-31-29-26/h7-15H,2-6,16,27H2,1H3,(H,28,29,30,31)/b8-7+. The van der Waals surface area contributed by atoms with Crippen LogP contribution in [0.2, 0.25) is 0 Å². The maximum absolute atomic E-state index is 13.3. The molecular weight excluding hydrogens is 446 g/mol. The molecule has 35 heavy (non-hydrogen) atoms. The molecule has 180 valence electrons. The van der Waals surface area contributed by atoms with Gasteiger partial charge in [-0.15, -0.1) is 10.2 Å². The fraction of sp³-hybridized carbons (Fsp3) is 0.269. The maximum Gasteiger partial charge on any atom is 0.242 e. The molecule has 2 aromatic carbocycles. The number of anilines is 1. The van der Waals surface area contributed by atoms with Crippen molar-refractivity contribution < 1.29 is 13.9 Å². The van der Waals surface area contributed by atoms with Gasteiger partial charge in [-0.1, -0.05) is 44.4 Å². The zero-order valence-electron chi connectivity index (χ0n) is 19.5. The lowest BCUT2D eigenvalue weighted by Gasteiger charge is -2.09. The van der Waals surface area contributed by atoms with Gasteiger partial charge in [0, 0.05) is 5.56 Å². The minimum atomic E-state index is -0.470. The van der Waals surface area contributed by atoms with Gasteiger partial charge in [0.1, 0.15) is 23.6 Å². The van der Waals surface area contributed by atoms with Crippen LogP contribution < -0.4 is 15.9 Å². The lowest BCUT2D eigenvalue weighted by Crippen LogP contribution is -2.12. The van der Waals surface area contributed by atoms with Crippen molar-refractivity contribution in [3.05, 3.63) is 76.0 Å². The summed E-state index contributed by atoms with van der Waals surface area (Å²) < 4.78 is 11.6. The summed E-state index contributed by atoms with van der Waals surface area (Å²) in [6, 6.07) is 11.6. The number of ketones is 1. The van der Waals surface area contributed by atoms with E-state index in [0.717, 1.165) is 6.42 Å². The van der Waals surface area contributed by atoms with Crippen molar-refractivity contribution in [2.75, 3.05) is 12.3 Å². The van der Waals surface area contributed by atoms with Gasteiger partial charge < -0.3 is 14.9 Å². The molecule has 9 nitrogen and oxygen atoms in total. The van der Waals surface area contributed by atoms with Gasteiger partial charge in [-0.2, -0.15) is 5.21 Å². The van der Waals surface area contributed by atoms with Crippen LogP contribution in [0.3, 0.4) is 0 Å². The molecule has 0 atom stereocenters. The zero-order chi connectivity index (χ0) is 24.6. The zero-order valence-corrected chi connectivity index (χ0v) is 19.5. The van der Waals surface area contributed by atoms with Crippen molar-refractivity contribution in [1.82, 2.24) is 20.6 Å². The highest BCUT2D eigenvalue weighted by Gasteiger charge is 2.21. The summed E-state index contributed by atoms with van der Waals surface area (Å²) in [5.74, 6) is 0.342. The first-order chi connectivity index (χ1) is 17.1. The van der Waals surface area contributed by atoms with Crippen molar-refractivity contribution in [3.63, 3.8) is 0 Å². The van der Waals surface area contributed by atoms with Crippen LogP contribution in [0.5, 0.6) is 5.75 Å². The quantitative estimate of drug-likeness (QED) is 0.182. The third-order valence-electron chi connectivity index (χ3n) is 5.60. The number of nitrogens with two attached hydrogens (primary N) is 1. The Morgan fingerprint density at radius 3 is 2.69 bits per heavy atom. The van der Waals surface area contributed by atoms with Crippen LogP contribution in [0.15, 0.2) is 63.8 Å². The summed E-state index contributed by atoms with van der Waals surface area (Å²) in [6.07, 6.45) is 10.2. The van der Waals surface area contributed by atoms with E-state index >= 15 is 0 Å². The number of allylic oxidation sites excluding steroid dienone is 1. The number of benzene rings is 2. The number of para-hydroxylation sites is 1. The molecule has 2 aromatic heterocycles. The van der Waals surface area contributed by atoms with E-state index in [1.807, 2.05) is 6.08 Å². The second-order valence-corrected chi connectivity index (χ2v) is 8.08. The Morgan fingerprint density at radius 1 is 1.11 bits per heavy atom. The predicted octanol–water partition coefficient (Wildman–Crippen LogP) is 4.69. The largest absolute Gasteiger partial charge is 0.490 e. The molecule has 0 saturated carbocycles. The second kappa shape index (κ2) is 11.2. The number of hydrogen-bond donors (Lipinski definition) is 2. The number of unbranched alkanes of at least 4 members (excludes halogenated alkanes) is 4. The van der Waals surface area contributed by atoms with Gasteiger partial charge in [-0.3, -0.25) is 9.59 Å². The highest BCUT2D eigenvalue weighted by molar-refractivity contribution is 6.15. The second-order valence-electron chi connectivity index (χ2n) is 8.08. The van der Waals surface area contributed by atoms with Gasteiger partial charge in [0.05, 0.1) is 10.9 Å². The summed E-state index contributed by atoms with van der Waals surface area (Å²) in [6.45, 7) is 2.67. The highest BCUT2D eigenvalue weighted by atomic mass is 16.5. The Bertz CT molecular complexity index is 1380. The topological polar surface area (TPSA) is 137 Å². The molecule has 0 bridgehead atoms. The van der Waals surface area contributed by atoms with Gasteiger partial charge in [-0.05, 0) is 54.5 Å². The number of nitrogens with one attached hydrogen (secondary N) is 1. The molecule has 0 fully saturated rings. The van der Waals surface area contributed by atoms with E-state index in [0.29, 0.717) is 17.9 Å². The van der Waals surface area contributed by atoms with Crippen LogP contribution in [0.25, 0.3) is 22.6 Å². The van der Waals surface area contributed by atoms with Crippen LogP contribution >= 0.6 is 0 Å². The normalized spacial score (nSPS) is 11.3. The van der Waals surface area contributed by atoms with Gasteiger partial charge in [0.15, 0.2) is 5.78 Å². The first kappa shape index (κ1) is 23.9. The molecular formula is C26H27N5O4. The summed E-state index contributed by atoms with van der Waals surface area (Å²) in [5.41, 5.74) is 6.09. The Balaban J connectivity index is 1.50. The van der Waals surface area contributed by atoms with Crippen LogP contribution in [-0.2, 0) is 0 Å². The molecule has 0 spiro atoms. The summed E-state index contributed by atoms with van der Waals surface area (Å²) in [4.78, 5) is 26.1. The third kappa shape index (κ3) is 5.46. The number of aromatic amines is 1. The molecule has 0 amide bonds. The van der Waals surface area contributed by atoms with E-state index in [-0.39, 0.29) is 39.6 Å². The number of ether oxygens (including phenoxy) is 1. The maximum atomic E-state index is 13.3. The minimum Gasteiger partial charge on any atom is -0.490 e. The number of hydrogen-bond acceptors (Lipinski definition) is 8. The first-order valence-corrected chi connectivity index (χ1v) is 11.6. The number of tetrazole rings is 1. The van der Waals surface area contributed by atoms with Crippen molar-refractivity contribution >= 4 is 22.4 Å². The highest BCUT2D eigenvalue weighted by Crippen LogP contribution is 2.28. The fourth-order valence-electron chi connectivity index (χ4n) is 3.71. The molecule has 4 aromatic rings. The molecule has 0 unspecified atom stereocenters. The molecule has 0 saturated heterocycles.